The van der Waals surface area contributed by atoms with Crippen LogP contribution in [-0.4, -0.2) is 0 Å². The standard InChI is InChI=1S/C44H58F4/c1-3-5-7-9-11-13-31-15-17-32(18-16-31)33-19-21-34(22-20-33)39-29-30-40(44(48)43(39)47)36-25-23-35(24-26-36)38-28-27-37(41(45)42(38)46)14-12-10-8-6-4-2/h23-34H,3-22H2,1-2H3. The van der Waals surface area contributed by atoms with Crippen LogP contribution in [0.3, 0.4) is 0 Å². The Balaban J connectivity index is 1.14. The van der Waals surface area contributed by atoms with Crippen LogP contribution in [0.4, 0.5) is 17.6 Å². The van der Waals surface area contributed by atoms with E-state index in [0.717, 1.165) is 75.5 Å². The molecule has 4 heteroatoms. The highest BCUT2D eigenvalue weighted by molar-refractivity contribution is 5.71. The quantitative estimate of drug-likeness (QED) is 0.106. The van der Waals surface area contributed by atoms with Crippen LogP contribution in [0.25, 0.3) is 22.3 Å². The van der Waals surface area contributed by atoms with Crippen LogP contribution in [0.2, 0.25) is 0 Å². The summed E-state index contributed by atoms with van der Waals surface area (Å²) < 4.78 is 61.0. The van der Waals surface area contributed by atoms with Crippen molar-refractivity contribution in [2.45, 2.75) is 148 Å². The van der Waals surface area contributed by atoms with Gasteiger partial charge in [0, 0.05) is 11.1 Å². The molecular weight excluding hydrogens is 604 g/mol. The lowest BCUT2D eigenvalue weighted by Crippen LogP contribution is -2.25. The van der Waals surface area contributed by atoms with E-state index >= 15 is 13.2 Å². The number of hydrogen-bond acceptors (Lipinski definition) is 0. The molecule has 0 saturated heterocycles. The Labute approximate surface area is 288 Å². The average molecular weight is 663 g/mol. The highest BCUT2D eigenvalue weighted by atomic mass is 19.2. The fourth-order valence-corrected chi connectivity index (χ4v) is 8.74. The molecule has 0 heterocycles. The van der Waals surface area contributed by atoms with Gasteiger partial charge < -0.3 is 0 Å². The first-order chi connectivity index (χ1) is 23.4. The molecule has 262 valence electrons. The molecule has 0 amide bonds. The summed E-state index contributed by atoms with van der Waals surface area (Å²) in [6.45, 7) is 4.42. The number of rotatable bonds is 16. The Morgan fingerprint density at radius 2 is 0.979 bits per heavy atom. The lowest BCUT2D eigenvalue weighted by Gasteiger charge is -2.38. The smallest absolute Gasteiger partial charge is 0.166 e. The van der Waals surface area contributed by atoms with E-state index in [0.29, 0.717) is 28.7 Å². The van der Waals surface area contributed by atoms with E-state index in [4.69, 9.17) is 0 Å². The first kappa shape index (κ1) is 36.7. The van der Waals surface area contributed by atoms with Gasteiger partial charge in [0.05, 0.1) is 0 Å². The van der Waals surface area contributed by atoms with Crippen LogP contribution < -0.4 is 0 Å². The van der Waals surface area contributed by atoms with Gasteiger partial charge in [-0.05, 0) is 97.3 Å². The molecule has 0 radical (unpaired) electrons. The molecule has 3 aromatic carbocycles. The number of unbranched alkanes of at least 4 members (excludes halogenated alkanes) is 8. The Hall–Kier alpha value is -2.62. The molecule has 48 heavy (non-hydrogen) atoms. The van der Waals surface area contributed by atoms with Crippen LogP contribution in [0.15, 0.2) is 48.5 Å². The number of aryl methyl sites for hydroxylation is 1. The molecule has 0 spiro atoms. The van der Waals surface area contributed by atoms with Crippen LogP contribution in [0.5, 0.6) is 0 Å². The first-order valence-corrected chi connectivity index (χ1v) is 19.5. The molecule has 0 aromatic heterocycles. The van der Waals surface area contributed by atoms with Crippen molar-refractivity contribution in [2.24, 2.45) is 17.8 Å². The molecule has 0 atom stereocenters. The van der Waals surface area contributed by atoms with Crippen molar-refractivity contribution in [3.05, 3.63) is 82.9 Å². The number of hydrogen-bond donors (Lipinski definition) is 0. The minimum absolute atomic E-state index is 0.0591. The fourth-order valence-electron chi connectivity index (χ4n) is 8.74. The molecule has 3 aromatic rings. The predicted molar refractivity (Wildman–Crippen MR) is 193 cm³/mol. The minimum Gasteiger partial charge on any atom is -0.203 e. The van der Waals surface area contributed by atoms with Gasteiger partial charge in [0.25, 0.3) is 0 Å². The second kappa shape index (κ2) is 18.4. The largest absolute Gasteiger partial charge is 0.203 e. The Morgan fingerprint density at radius 1 is 0.479 bits per heavy atom. The lowest BCUT2D eigenvalue weighted by atomic mass is 9.68. The molecule has 2 aliphatic carbocycles. The van der Waals surface area contributed by atoms with Gasteiger partial charge >= 0.3 is 0 Å². The van der Waals surface area contributed by atoms with Crippen molar-refractivity contribution in [1.82, 2.24) is 0 Å². The second-order valence-corrected chi connectivity index (χ2v) is 15.1. The van der Waals surface area contributed by atoms with Gasteiger partial charge in [-0.3, -0.25) is 0 Å². The molecule has 0 bridgehead atoms. The third-order valence-corrected chi connectivity index (χ3v) is 11.8. The molecule has 2 aliphatic rings. The van der Waals surface area contributed by atoms with E-state index in [9.17, 15) is 4.39 Å². The lowest BCUT2D eigenvalue weighted by molar-refractivity contribution is 0.155. The summed E-state index contributed by atoms with van der Waals surface area (Å²) in [7, 11) is 0. The summed E-state index contributed by atoms with van der Waals surface area (Å²) in [5.41, 5.74) is 2.31. The monoisotopic (exact) mass is 662 g/mol. The zero-order chi connectivity index (χ0) is 33.9. The van der Waals surface area contributed by atoms with Crippen molar-refractivity contribution in [3.63, 3.8) is 0 Å². The van der Waals surface area contributed by atoms with E-state index in [2.05, 4.69) is 13.8 Å². The van der Waals surface area contributed by atoms with Gasteiger partial charge in [-0.1, -0.05) is 139 Å². The van der Waals surface area contributed by atoms with Crippen molar-refractivity contribution in [3.8, 4) is 22.3 Å². The van der Waals surface area contributed by atoms with Crippen LogP contribution in [0, 0.1) is 41.0 Å². The Morgan fingerprint density at radius 3 is 1.56 bits per heavy atom. The maximum Gasteiger partial charge on any atom is 0.166 e. The summed E-state index contributed by atoms with van der Waals surface area (Å²) in [4.78, 5) is 0. The third kappa shape index (κ3) is 9.33. The molecule has 5 rings (SSSR count). The SMILES string of the molecule is CCCCCCCc1ccc(-c2ccc(-c3ccc(C4CCC(C5CCC(CCCCCCC)CC5)CC4)c(F)c3F)cc2)c(F)c1F. The van der Waals surface area contributed by atoms with Gasteiger partial charge in [0.1, 0.15) is 0 Å². The highest BCUT2D eigenvalue weighted by Gasteiger charge is 2.32. The van der Waals surface area contributed by atoms with Crippen LogP contribution >= 0.6 is 0 Å². The summed E-state index contributed by atoms with van der Waals surface area (Å²) in [6, 6.07) is 13.4. The van der Waals surface area contributed by atoms with Crippen molar-refractivity contribution >= 4 is 0 Å². The average Bonchev–Trinajstić information content (AvgIpc) is 3.11. The highest BCUT2D eigenvalue weighted by Crippen LogP contribution is 2.45. The maximum atomic E-state index is 15.6. The molecule has 2 saturated carbocycles. The molecular formula is C44H58F4. The van der Waals surface area contributed by atoms with Gasteiger partial charge in [-0.2, -0.15) is 0 Å². The molecule has 0 aliphatic heterocycles. The number of halogens is 4. The van der Waals surface area contributed by atoms with E-state index < -0.39 is 23.3 Å². The topological polar surface area (TPSA) is 0 Å². The van der Waals surface area contributed by atoms with Crippen molar-refractivity contribution < 1.29 is 17.6 Å². The zero-order valence-electron chi connectivity index (χ0n) is 29.6. The van der Waals surface area contributed by atoms with Crippen molar-refractivity contribution in [1.29, 1.82) is 0 Å². The summed E-state index contributed by atoms with van der Waals surface area (Å²) in [5.74, 6) is -0.708. The Kier molecular flexibility index (Phi) is 14.0. The van der Waals surface area contributed by atoms with E-state index in [-0.39, 0.29) is 17.0 Å². The predicted octanol–water partition coefficient (Wildman–Crippen LogP) is 14.5. The molecule has 2 fully saturated rings. The summed E-state index contributed by atoms with van der Waals surface area (Å²) >= 11 is 0. The molecule has 0 N–H and O–H groups in total. The summed E-state index contributed by atoms with van der Waals surface area (Å²) in [6.07, 6.45) is 23.5. The molecule has 0 unspecified atom stereocenters. The van der Waals surface area contributed by atoms with Crippen molar-refractivity contribution in [2.75, 3.05) is 0 Å². The van der Waals surface area contributed by atoms with E-state index in [1.165, 1.54) is 64.2 Å². The van der Waals surface area contributed by atoms with Gasteiger partial charge in [-0.25, -0.2) is 17.6 Å². The van der Waals surface area contributed by atoms with Gasteiger partial charge in [0.2, 0.25) is 0 Å². The summed E-state index contributed by atoms with van der Waals surface area (Å²) in [5, 5.41) is 0. The number of benzene rings is 3. The van der Waals surface area contributed by atoms with Gasteiger partial charge in [0.15, 0.2) is 23.3 Å². The maximum absolute atomic E-state index is 15.6. The fraction of sp³-hybridized carbons (Fsp3) is 0.591. The van der Waals surface area contributed by atoms with E-state index in [1.807, 2.05) is 0 Å². The van der Waals surface area contributed by atoms with Crippen LogP contribution in [-0.2, 0) is 6.42 Å². The molecule has 0 nitrogen and oxygen atoms in total. The second-order valence-electron chi connectivity index (χ2n) is 15.1. The Bertz CT molecular complexity index is 1410. The third-order valence-electron chi connectivity index (χ3n) is 11.8. The minimum atomic E-state index is -0.856. The van der Waals surface area contributed by atoms with Gasteiger partial charge in [-0.15, -0.1) is 0 Å². The normalized spacial score (nSPS) is 21.5. The van der Waals surface area contributed by atoms with Crippen LogP contribution in [0.1, 0.15) is 153 Å². The zero-order valence-corrected chi connectivity index (χ0v) is 29.6. The van der Waals surface area contributed by atoms with E-state index in [1.54, 1.807) is 48.5 Å². The first-order valence-electron chi connectivity index (χ1n) is 19.5.